The van der Waals surface area contributed by atoms with Crippen LogP contribution in [0.5, 0.6) is 0 Å². The van der Waals surface area contributed by atoms with E-state index >= 15 is 0 Å². The second-order valence-electron chi connectivity index (χ2n) is 6.97. The van der Waals surface area contributed by atoms with E-state index in [1.54, 1.807) is 11.8 Å². The highest BCUT2D eigenvalue weighted by atomic mass is 32.2. The molecule has 2 aliphatic rings. The van der Waals surface area contributed by atoms with Crippen LogP contribution in [0.15, 0.2) is 0 Å². The zero-order valence-electron chi connectivity index (χ0n) is 12.5. The summed E-state index contributed by atoms with van der Waals surface area (Å²) >= 11 is 1.66. The van der Waals surface area contributed by atoms with E-state index in [1.165, 1.54) is 12.8 Å². The Morgan fingerprint density at radius 1 is 1.47 bits per heavy atom. The van der Waals surface area contributed by atoms with Crippen molar-refractivity contribution in [1.82, 2.24) is 5.32 Å². The molecule has 2 aliphatic carbocycles. The summed E-state index contributed by atoms with van der Waals surface area (Å²) in [7, 11) is 0. The van der Waals surface area contributed by atoms with Crippen molar-refractivity contribution < 1.29 is 9.90 Å². The maximum Gasteiger partial charge on any atom is 0.249 e. The van der Waals surface area contributed by atoms with Crippen molar-refractivity contribution in [3.05, 3.63) is 0 Å². The lowest BCUT2D eigenvalue weighted by Gasteiger charge is -2.39. The summed E-state index contributed by atoms with van der Waals surface area (Å²) in [5, 5.41) is 13.0. The van der Waals surface area contributed by atoms with Crippen molar-refractivity contribution >= 4 is 17.7 Å². The molecule has 110 valence electrons. The minimum absolute atomic E-state index is 0.177. The van der Waals surface area contributed by atoms with Gasteiger partial charge in [-0.25, -0.2) is 0 Å². The maximum atomic E-state index is 12.1. The normalized spacial score (nSPS) is 37.3. The summed E-state index contributed by atoms with van der Waals surface area (Å²) in [5.74, 6) is 1.36. The van der Waals surface area contributed by atoms with Crippen LogP contribution in [0.2, 0.25) is 0 Å². The Hall–Kier alpha value is -0.220. The maximum absolute atomic E-state index is 12.1. The quantitative estimate of drug-likeness (QED) is 0.815. The third kappa shape index (κ3) is 2.42. The molecule has 4 atom stereocenters. The lowest BCUT2D eigenvalue weighted by Crippen LogP contribution is -2.49. The van der Waals surface area contributed by atoms with Crippen LogP contribution >= 0.6 is 11.8 Å². The number of carbonyl (C=O) groups excluding carboxylic acids is 1. The largest absolute Gasteiger partial charge is 0.383 e. The summed E-state index contributed by atoms with van der Waals surface area (Å²) in [6, 6.07) is 0.234. The van der Waals surface area contributed by atoms with E-state index in [2.05, 4.69) is 26.1 Å². The minimum Gasteiger partial charge on any atom is -0.383 e. The standard InChI is InChI=1S/C15H27NO2S/c1-14(2)10-5-7-15(14,3)12(9-10)16-13(18)11(17)6-8-19-4/h10-12,17H,5-9H2,1-4H3,(H,16,18)/t10-,11+,12?,15+/m1/s1. The molecule has 0 aromatic rings. The second-order valence-corrected chi connectivity index (χ2v) is 7.95. The van der Waals surface area contributed by atoms with Crippen LogP contribution in [0.1, 0.15) is 46.5 Å². The number of fused-ring (bicyclic) bond motifs is 2. The number of hydrogen-bond donors (Lipinski definition) is 2. The van der Waals surface area contributed by atoms with Crippen LogP contribution in [0.3, 0.4) is 0 Å². The van der Waals surface area contributed by atoms with Gasteiger partial charge in [-0.15, -0.1) is 0 Å². The van der Waals surface area contributed by atoms with Crippen LogP contribution in [-0.4, -0.2) is 35.2 Å². The summed E-state index contributed by atoms with van der Waals surface area (Å²) < 4.78 is 0. The molecule has 1 unspecified atom stereocenters. The van der Waals surface area contributed by atoms with E-state index in [9.17, 15) is 9.90 Å². The van der Waals surface area contributed by atoms with Gasteiger partial charge in [-0.3, -0.25) is 4.79 Å². The first-order chi connectivity index (χ1) is 8.83. The number of nitrogens with one attached hydrogen (secondary N) is 1. The highest BCUT2D eigenvalue weighted by molar-refractivity contribution is 7.98. The number of amides is 1. The first-order valence-electron chi connectivity index (χ1n) is 7.30. The van der Waals surface area contributed by atoms with E-state index in [4.69, 9.17) is 0 Å². The lowest BCUT2D eigenvalue weighted by atomic mass is 9.69. The molecule has 4 heteroatoms. The molecule has 2 fully saturated rings. The van der Waals surface area contributed by atoms with Crippen LogP contribution in [0.25, 0.3) is 0 Å². The summed E-state index contributed by atoms with van der Waals surface area (Å²) in [4.78, 5) is 12.1. The molecule has 0 spiro atoms. The Morgan fingerprint density at radius 3 is 2.63 bits per heavy atom. The van der Waals surface area contributed by atoms with E-state index in [0.717, 1.165) is 12.2 Å². The number of aliphatic hydroxyl groups excluding tert-OH is 1. The average Bonchev–Trinajstić information content (AvgIpc) is 2.68. The lowest BCUT2D eigenvalue weighted by molar-refractivity contribution is -0.131. The molecule has 19 heavy (non-hydrogen) atoms. The van der Waals surface area contributed by atoms with Gasteiger partial charge in [0.25, 0.3) is 0 Å². The van der Waals surface area contributed by atoms with Crippen molar-refractivity contribution in [1.29, 1.82) is 0 Å². The molecule has 2 bridgehead atoms. The van der Waals surface area contributed by atoms with Gasteiger partial charge in [-0.05, 0) is 54.4 Å². The van der Waals surface area contributed by atoms with Gasteiger partial charge in [0.15, 0.2) is 0 Å². The summed E-state index contributed by atoms with van der Waals surface area (Å²) in [6.07, 6.45) is 5.23. The SMILES string of the molecule is CSCC[C@H](O)C(=O)NC1C[C@H]2CC[C@]1(C)C2(C)C. The van der Waals surface area contributed by atoms with Crippen LogP contribution in [-0.2, 0) is 4.79 Å². The molecule has 3 nitrogen and oxygen atoms in total. The molecular weight excluding hydrogens is 258 g/mol. The number of aliphatic hydroxyl groups is 1. The fourth-order valence-corrected chi connectivity index (χ4v) is 4.51. The van der Waals surface area contributed by atoms with E-state index < -0.39 is 6.10 Å². The van der Waals surface area contributed by atoms with Crippen molar-refractivity contribution in [2.24, 2.45) is 16.7 Å². The van der Waals surface area contributed by atoms with Crippen molar-refractivity contribution in [3.63, 3.8) is 0 Å². The second kappa shape index (κ2) is 5.28. The zero-order valence-corrected chi connectivity index (χ0v) is 13.3. The number of thioether (sulfide) groups is 1. The highest BCUT2D eigenvalue weighted by Gasteiger charge is 2.61. The third-order valence-electron chi connectivity index (χ3n) is 6.01. The van der Waals surface area contributed by atoms with Gasteiger partial charge in [-0.2, -0.15) is 11.8 Å². The molecular formula is C15H27NO2S. The number of carbonyl (C=O) groups is 1. The van der Waals surface area contributed by atoms with Gasteiger partial charge in [0.2, 0.25) is 5.91 Å². The molecule has 0 aromatic carbocycles. The predicted molar refractivity (Wildman–Crippen MR) is 80.2 cm³/mol. The van der Waals surface area contributed by atoms with Crippen LogP contribution < -0.4 is 5.32 Å². The summed E-state index contributed by atoms with van der Waals surface area (Å²) in [5.41, 5.74) is 0.488. The Balaban J connectivity index is 1.96. The Bertz CT molecular complexity index is 358. The Labute approximate surface area is 120 Å². The molecule has 0 aliphatic heterocycles. The first-order valence-corrected chi connectivity index (χ1v) is 8.69. The Kier molecular flexibility index (Phi) is 4.22. The fraction of sp³-hybridized carbons (Fsp3) is 0.933. The van der Waals surface area contributed by atoms with E-state index in [1.807, 2.05) is 6.26 Å². The molecule has 2 saturated carbocycles. The number of hydrogen-bond acceptors (Lipinski definition) is 3. The van der Waals surface area contributed by atoms with Crippen LogP contribution in [0.4, 0.5) is 0 Å². The van der Waals surface area contributed by atoms with Crippen molar-refractivity contribution in [3.8, 4) is 0 Å². The van der Waals surface area contributed by atoms with Gasteiger partial charge in [0, 0.05) is 6.04 Å². The Morgan fingerprint density at radius 2 is 2.16 bits per heavy atom. The number of rotatable bonds is 5. The first kappa shape index (κ1) is 15.2. The monoisotopic (exact) mass is 285 g/mol. The van der Waals surface area contributed by atoms with Gasteiger partial charge >= 0.3 is 0 Å². The molecule has 2 rings (SSSR count). The van der Waals surface area contributed by atoms with Gasteiger partial charge in [0.05, 0.1) is 0 Å². The predicted octanol–water partition coefficient (Wildman–Crippen LogP) is 2.43. The fourth-order valence-electron chi connectivity index (χ4n) is 4.05. The van der Waals surface area contributed by atoms with Gasteiger partial charge in [-0.1, -0.05) is 20.8 Å². The average molecular weight is 285 g/mol. The van der Waals surface area contributed by atoms with E-state index in [-0.39, 0.29) is 17.4 Å². The molecule has 1 amide bonds. The van der Waals surface area contributed by atoms with Gasteiger partial charge < -0.3 is 10.4 Å². The molecule has 0 saturated heterocycles. The van der Waals surface area contributed by atoms with Crippen molar-refractivity contribution in [2.75, 3.05) is 12.0 Å². The van der Waals surface area contributed by atoms with Crippen molar-refractivity contribution in [2.45, 2.75) is 58.6 Å². The summed E-state index contributed by atoms with van der Waals surface area (Å²) in [6.45, 7) is 6.97. The molecule has 0 heterocycles. The molecule has 2 N–H and O–H groups in total. The zero-order chi connectivity index (χ0) is 14.3. The molecule has 0 aromatic heterocycles. The van der Waals surface area contributed by atoms with Crippen LogP contribution in [0, 0.1) is 16.7 Å². The van der Waals surface area contributed by atoms with Gasteiger partial charge in [0.1, 0.15) is 6.10 Å². The van der Waals surface area contributed by atoms with E-state index in [0.29, 0.717) is 17.8 Å². The molecule has 0 radical (unpaired) electrons. The smallest absolute Gasteiger partial charge is 0.249 e. The highest BCUT2D eigenvalue weighted by Crippen LogP contribution is 2.65. The third-order valence-corrected chi connectivity index (χ3v) is 6.65. The topological polar surface area (TPSA) is 49.3 Å². The minimum atomic E-state index is -0.849.